The number of nitrogens with zero attached hydrogens (tertiary/aromatic N) is 2. The summed E-state index contributed by atoms with van der Waals surface area (Å²) in [6.45, 7) is 0.0970. The number of nitrogen functional groups attached to an aromatic ring is 1. The third-order valence-corrected chi connectivity index (χ3v) is 2.38. The van der Waals surface area contributed by atoms with Crippen LogP contribution in [0.15, 0.2) is 36.7 Å². The second kappa shape index (κ2) is 5.33. The van der Waals surface area contributed by atoms with Gasteiger partial charge in [0.05, 0.1) is 18.5 Å². The number of anilines is 2. The van der Waals surface area contributed by atoms with Gasteiger partial charge in [-0.25, -0.2) is 0 Å². The number of amides is 1. The Morgan fingerprint density at radius 3 is 2.67 bits per heavy atom. The number of carbonyl (C=O) groups is 1. The van der Waals surface area contributed by atoms with Crippen LogP contribution in [0.2, 0.25) is 0 Å². The zero-order valence-corrected chi connectivity index (χ0v) is 9.71. The van der Waals surface area contributed by atoms with E-state index in [1.54, 1.807) is 30.5 Å². The number of hydrogen-bond donors (Lipinski definition) is 3. The molecule has 0 radical (unpaired) electrons. The van der Waals surface area contributed by atoms with Gasteiger partial charge < -0.3 is 16.2 Å². The third-order valence-electron chi connectivity index (χ3n) is 2.38. The molecule has 0 spiro atoms. The van der Waals surface area contributed by atoms with E-state index in [-0.39, 0.29) is 19.1 Å². The molecule has 6 heteroatoms. The van der Waals surface area contributed by atoms with Crippen LogP contribution in [0.5, 0.6) is 0 Å². The molecular weight excluding hydrogens is 232 g/mol. The van der Waals surface area contributed by atoms with Crippen molar-refractivity contribution in [2.75, 3.05) is 11.1 Å². The van der Waals surface area contributed by atoms with Crippen LogP contribution in [0.25, 0.3) is 0 Å². The first-order valence-electron chi connectivity index (χ1n) is 5.45. The number of rotatable bonds is 4. The molecule has 4 N–H and O–H groups in total. The van der Waals surface area contributed by atoms with Crippen molar-refractivity contribution in [3.8, 4) is 0 Å². The number of aliphatic hydroxyl groups is 1. The van der Waals surface area contributed by atoms with Crippen LogP contribution in [0.1, 0.15) is 5.56 Å². The quantitative estimate of drug-likeness (QED) is 0.736. The number of aliphatic hydroxyl groups excluding tert-OH is 1. The molecule has 6 nitrogen and oxygen atoms in total. The molecule has 94 valence electrons. The van der Waals surface area contributed by atoms with Crippen molar-refractivity contribution in [2.24, 2.45) is 0 Å². The first-order valence-corrected chi connectivity index (χ1v) is 5.45. The van der Waals surface area contributed by atoms with Gasteiger partial charge in [-0.05, 0) is 17.7 Å². The Bertz CT molecular complexity index is 533. The van der Waals surface area contributed by atoms with Crippen molar-refractivity contribution in [3.05, 3.63) is 42.2 Å². The summed E-state index contributed by atoms with van der Waals surface area (Å²) in [5.41, 5.74) is 7.50. The van der Waals surface area contributed by atoms with E-state index in [0.29, 0.717) is 11.4 Å². The fraction of sp³-hybridized carbons (Fsp3) is 0.167. The Morgan fingerprint density at radius 2 is 2.11 bits per heavy atom. The van der Waals surface area contributed by atoms with Gasteiger partial charge in [0.2, 0.25) is 5.91 Å². The second-order valence-electron chi connectivity index (χ2n) is 3.87. The molecule has 0 saturated carbocycles. The molecule has 2 rings (SSSR count). The minimum Gasteiger partial charge on any atom is -0.396 e. The van der Waals surface area contributed by atoms with Crippen LogP contribution in [0.4, 0.5) is 11.4 Å². The number of hydrogen-bond acceptors (Lipinski definition) is 4. The summed E-state index contributed by atoms with van der Waals surface area (Å²) >= 11 is 0. The van der Waals surface area contributed by atoms with Crippen molar-refractivity contribution in [2.45, 2.75) is 13.2 Å². The lowest BCUT2D eigenvalue weighted by Gasteiger charge is -2.05. The lowest BCUT2D eigenvalue weighted by molar-refractivity contribution is -0.116. The Hall–Kier alpha value is -2.34. The molecule has 0 atom stereocenters. The van der Waals surface area contributed by atoms with Crippen LogP contribution in [0, 0.1) is 0 Å². The molecular formula is C12H14N4O2. The lowest BCUT2D eigenvalue weighted by atomic mass is 10.2. The van der Waals surface area contributed by atoms with Gasteiger partial charge in [0.1, 0.15) is 6.54 Å². The Kier molecular flexibility index (Phi) is 3.59. The van der Waals surface area contributed by atoms with Crippen LogP contribution in [0.3, 0.4) is 0 Å². The third kappa shape index (κ3) is 3.08. The highest BCUT2D eigenvalue weighted by Gasteiger charge is 2.04. The van der Waals surface area contributed by atoms with E-state index in [1.807, 2.05) is 0 Å². The van der Waals surface area contributed by atoms with Crippen molar-refractivity contribution < 1.29 is 9.90 Å². The van der Waals surface area contributed by atoms with Crippen molar-refractivity contribution in [1.29, 1.82) is 0 Å². The summed E-state index contributed by atoms with van der Waals surface area (Å²) in [4.78, 5) is 11.7. The highest BCUT2D eigenvalue weighted by atomic mass is 16.3. The number of carbonyl (C=O) groups excluding carboxylic acids is 1. The van der Waals surface area contributed by atoms with E-state index in [0.717, 1.165) is 5.56 Å². The zero-order chi connectivity index (χ0) is 13.0. The smallest absolute Gasteiger partial charge is 0.246 e. The van der Waals surface area contributed by atoms with Gasteiger partial charge in [-0.15, -0.1) is 0 Å². The molecule has 0 saturated heterocycles. The second-order valence-corrected chi connectivity index (χ2v) is 3.87. The molecule has 1 aromatic heterocycles. The van der Waals surface area contributed by atoms with Gasteiger partial charge in [-0.2, -0.15) is 5.10 Å². The Labute approximate surface area is 104 Å². The Morgan fingerprint density at radius 1 is 1.39 bits per heavy atom. The molecule has 1 amide bonds. The molecule has 0 bridgehead atoms. The van der Waals surface area contributed by atoms with Crippen LogP contribution in [-0.2, 0) is 17.9 Å². The molecule has 18 heavy (non-hydrogen) atoms. The molecule has 2 aromatic rings. The van der Waals surface area contributed by atoms with Gasteiger partial charge >= 0.3 is 0 Å². The monoisotopic (exact) mass is 246 g/mol. The molecule has 0 aliphatic carbocycles. The van der Waals surface area contributed by atoms with Crippen molar-refractivity contribution in [1.82, 2.24) is 9.78 Å². The molecule has 1 aromatic carbocycles. The largest absolute Gasteiger partial charge is 0.396 e. The van der Waals surface area contributed by atoms with Gasteiger partial charge in [0.25, 0.3) is 0 Å². The summed E-state index contributed by atoms with van der Waals surface area (Å²) < 4.78 is 1.47. The maximum atomic E-state index is 11.7. The maximum Gasteiger partial charge on any atom is 0.246 e. The molecule has 1 heterocycles. The summed E-state index contributed by atoms with van der Waals surface area (Å²) in [7, 11) is 0. The molecule has 0 fully saturated rings. The Balaban J connectivity index is 1.94. The van der Waals surface area contributed by atoms with Crippen molar-refractivity contribution >= 4 is 17.3 Å². The van der Waals surface area contributed by atoms with Crippen LogP contribution >= 0.6 is 0 Å². The predicted octanol–water partition coefficient (Wildman–Crippen LogP) is 0.596. The number of nitrogens with two attached hydrogens (primary N) is 1. The van der Waals surface area contributed by atoms with E-state index in [1.165, 1.54) is 10.9 Å². The summed E-state index contributed by atoms with van der Waals surface area (Å²) in [5, 5.41) is 15.5. The van der Waals surface area contributed by atoms with Gasteiger partial charge in [0.15, 0.2) is 0 Å². The number of benzene rings is 1. The summed E-state index contributed by atoms with van der Waals surface area (Å²) in [6, 6.07) is 6.98. The fourth-order valence-corrected chi connectivity index (χ4v) is 1.51. The van der Waals surface area contributed by atoms with E-state index >= 15 is 0 Å². The number of aromatic nitrogens is 2. The first-order chi connectivity index (χ1) is 8.67. The average molecular weight is 246 g/mol. The lowest BCUT2D eigenvalue weighted by Crippen LogP contribution is -2.18. The number of nitrogens with one attached hydrogen (secondary N) is 1. The maximum absolute atomic E-state index is 11.7. The van der Waals surface area contributed by atoms with Gasteiger partial charge in [-0.3, -0.25) is 9.48 Å². The molecule has 0 unspecified atom stereocenters. The van der Waals surface area contributed by atoms with Crippen molar-refractivity contribution in [3.63, 3.8) is 0 Å². The standard InChI is InChI=1S/C12H14N4O2/c13-10-5-14-16(6-10)7-12(18)15-11-3-1-9(8-17)2-4-11/h1-6,17H,7-8,13H2,(H,15,18). The van der Waals surface area contributed by atoms with E-state index in [4.69, 9.17) is 10.8 Å². The zero-order valence-electron chi connectivity index (χ0n) is 9.71. The van der Waals surface area contributed by atoms with E-state index < -0.39 is 0 Å². The van der Waals surface area contributed by atoms with Crippen LogP contribution in [-0.4, -0.2) is 20.8 Å². The minimum atomic E-state index is -0.185. The highest BCUT2D eigenvalue weighted by Crippen LogP contribution is 2.09. The summed E-state index contributed by atoms with van der Waals surface area (Å²) in [6.07, 6.45) is 3.08. The SMILES string of the molecule is Nc1cnn(CC(=O)Nc2ccc(CO)cc2)c1. The predicted molar refractivity (Wildman–Crippen MR) is 67.6 cm³/mol. The first kappa shape index (κ1) is 12.1. The van der Waals surface area contributed by atoms with Crippen LogP contribution < -0.4 is 11.1 Å². The normalized spacial score (nSPS) is 10.3. The molecule has 0 aliphatic rings. The fourth-order valence-electron chi connectivity index (χ4n) is 1.51. The van der Waals surface area contributed by atoms with Gasteiger partial charge in [0, 0.05) is 11.9 Å². The molecule has 0 aliphatic heterocycles. The highest BCUT2D eigenvalue weighted by molar-refractivity contribution is 5.90. The average Bonchev–Trinajstić information content (AvgIpc) is 2.75. The minimum absolute atomic E-state index is 0.0131. The van der Waals surface area contributed by atoms with E-state index in [9.17, 15) is 4.79 Å². The van der Waals surface area contributed by atoms with Gasteiger partial charge in [-0.1, -0.05) is 12.1 Å². The topological polar surface area (TPSA) is 93.2 Å². The van der Waals surface area contributed by atoms with E-state index in [2.05, 4.69) is 10.4 Å². The summed E-state index contributed by atoms with van der Waals surface area (Å²) in [5.74, 6) is -0.185.